The van der Waals surface area contributed by atoms with Gasteiger partial charge in [-0.2, -0.15) is 0 Å². The number of esters is 1. The van der Waals surface area contributed by atoms with Crippen molar-refractivity contribution < 1.29 is 18.7 Å². The molecule has 0 unspecified atom stereocenters. The van der Waals surface area contributed by atoms with Crippen molar-refractivity contribution in [3.8, 4) is 0 Å². The summed E-state index contributed by atoms with van der Waals surface area (Å²) in [6.45, 7) is -0.369. The Kier molecular flexibility index (Phi) is 5.97. The van der Waals surface area contributed by atoms with Gasteiger partial charge in [-0.1, -0.05) is 30.3 Å². The lowest BCUT2D eigenvalue weighted by Gasteiger charge is -2.06. The van der Waals surface area contributed by atoms with Gasteiger partial charge in [0.2, 0.25) is 0 Å². The fraction of sp³-hybridized carbons (Fsp3) is 0.125. The second-order valence-electron chi connectivity index (χ2n) is 4.29. The molecule has 0 aromatic heterocycles. The van der Waals surface area contributed by atoms with Crippen molar-refractivity contribution in [2.75, 3.05) is 17.7 Å². The molecule has 4 nitrogen and oxygen atoms in total. The Morgan fingerprint density at radius 2 is 1.73 bits per heavy atom. The first-order chi connectivity index (χ1) is 10.6. The smallest absolute Gasteiger partial charge is 0.316 e. The van der Waals surface area contributed by atoms with Gasteiger partial charge < -0.3 is 10.1 Å². The number of para-hydroxylation sites is 1. The largest absolute Gasteiger partial charge is 0.455 e. The van der Waals surface area contributed by atoms with Crippen LogP contribution in [-0.4, -0.2) is 24.2 Å². The van der Waals surface area contributed by atoms with Crippen LogP contribution in [0, 0.1) is 5.82 Å². The first-order valence-corrected chi connectivity index (χ1v) is 7.51. The Morgan fingerprint density at radius 1 is 1.05 bits per heavy atom. The number of hydrogen-bond donors (Lipinski definition) is 1. The average Bonchev–Trinajstić information content (AvgIpc) is 2.53. The van der Waals surface area contributed by atoms with Crippen LogP contribution in [0.25, 0.3) is 0 Å². The first-order valence-electron chi connectivity index (χ1n) is 6.53. The van der Waals surface area contributed by atoms with Crippen molar-refractivity contribution in [3.63, 3.8) is 0 Å². The van der Waals surface area contributed by atoms with E-state index < -0.39 is 11.9 Å². The van der Waals surface area contributed by atoms with Crippen molar-refractivity contribution in [2.45, 2.75) is 4.90 Å². The minimum atomic E-state index is -0.573. The van der Waals surface area contributed by atoms with E-state index in [0.29, 0.717) is 10.6 Å². The Morgan fingerprint density at radius 3 is 2.45 bits per heavy atom. The van der Waals surface area contributed by atoms with E-state index in [2.05, 4.69) is 5.32 Å². The van der Waals surface area contributed by atoms with Crippen LogP contribution in [0.4, 0.5) is 10.1 Å². The lowest BCUT2D eigenvalue weighted by molar-refractivity contribution is -0.144. The summed E-state index contributed by atoms with van der Waals surface area (Å²) in [6, 6.07) is 15.0. The van der Waals surface area contributed by atoms with Gasteiger partial charge in [0.1, 0.15) is 5.82 Å². The summed E-state index contributed by atoms with van der Waals surface area (Å²) >= 11 is 1.03. The van der Waals surface area contributed by atoms with Crippen LogP contribution in [0.1, 0.15) is 0 Å². The van der Waals surface area contributed by atoms with Crippen molar-refractivity contribution in [1.29, 1.82) is 0 Å². The van der Waals surface area contributed by atoms with Gasteiger partial charge in [-0.3, -0.25) is 9.59 Å². The summed E-state index contributed by atoms with van der Waals surface area (Å²) in [5.41, 5.74) is 0.629. The van der Waals surface area contributed by atoms with Crippen LogP contribution in [0.5, 0.6) is 0 Å². The van der Waals surface area contributed by atoms with E-state index in [1.54, 1.807) is 42.5 Å². The molecular weight excluding hydrogens is 305 g/mol. The zero-order chi connectivity index (χ0) is 15.8. The predicted octanol–water partition coefficient (Wildman–Crippen LogP) is 3.10. The minimum Gasteiger partial charge on any atom is -0.455 e. The zero-order valence-electron chi connectivity index (χ0n) is 11.6. The van der Waals surface area contributed by atoms with E-state index in [4.69, 9.17) is 4.74 Å². The lowest BCUT2D eigenvalue weighted by Crippen LogP contribution is -2.21. The highest BCUT2D eigenvalue weighted by Crippen LogP contribution is 2.21. The van der Waals surface area contributed by atoms with Gasteiger partial charge in [-0.15, -0.1) is 11.8 Å². The van der Waals surface area contributed by atoms with E-state index in [9.17, 15) is 14.0 Å². The van der Waals surface area contributed by atoms with E-state index in [0.717, 1.165) is 11.8 Å². The number of halogens is 1. The SMILES string of the molecule is O=C(COC(=O)CSc1ccccc1F)Nc1ccccc1. The fourth-order valence-electron chi connectivity index (χ4n) is 1.60. The van der Waals surface area contributed by atoms with Gasteiger partial charge >= 0.3 is 5.97 Å². The number of carbonyl (C=O) groups is 2. The second kappa shape index (κ2) is 8.19. The molecule has 0 atom stereocenters. The standard InChI is InChI=1S/C16H14FNO3S/c17-13-8-4-5-9-14(13)22-11-16(20)21-10-15(19)18-12-6-2-1-3-7-12/h1-9H,10-11H2,(H,18,19). The van der Waals surface area contributed by atoms with Crippen molar-refractivity contribution >= 4 is 29.3 Å². The third-order valence-electron chi connectivity index (χ3n) is 2.60. The number of amides is 1. The summed E-state index contributed by atoms with van der Waals surface area (Å²) in [5, 5.41) is 2.60. The molecule has 0 heterocycles. The normalized spacial score (nSPS) is 10.0. The monoisotopic (exact) mass is 319 g/mol. The highest BCUT2D eigenvalue weighted by molar-refractivity contribution is 8.00. The number of anilines is 1. The van der Waals surface area contributed by atoms with Crippen molar-refractivity contribution in [1.82, 2.24) is 0 Å². The van der Waals surface area contributed by atoms with Crippen molar-refractivity contribution in [3.05, 3.63) is 60.4 Å². The Labute approximate surface area is 131 Å². The molecule has 6 heteroatoms. The maximum atomic E-state index is 13.4. The number of nitrogens with one attached hydrogen (secondary N) is 1. The van der Waals surface area contributed by atoms with Gasteiger partial charge in [-0.05, 0) is 24.3 Å². The van der Waals surface area contributed by atoms with Gasteiger partial charge in [-0.25, -0.2) is 4.39 Å². The molecule has 1 amide bonds. The van der Waals surface area contributed by atoms with Crippen LogP contribution < -0.4 is 5.32 Å². The summed E-state index contributed by atoms with van der Waals surface area (Å²) < 4.78 is 18.2. The highest BCUT2D eigenvalue weighted by atomic mass is 32.2. The molecule has 2 rings (SSSR count). The van der Waals surface area contributed by atoms with Crippen LogP contribution in [0.3, 0.4) is 0 Å². The fourth-order valence-corrected chi connectivity index (χ4v) is 2.34. The molecule has 0 aliphatic heterocycles. The molecule has 2 aromatic carbocycles. The third-order valence-corrected chi connectivity index (χ3v) is 3.63. The van der Waals surface area contributed by atoms with Crippen LogP contribution in [-0.2, 0) is 14.3 Å². The van der Waals surface area contributed by atoms with Crippen LogP contribution in [0.2, 0.25) is 0 Å². The molecule has 114 valence electrons. The molecule has 0 radical (unpaired) electrons. The molecule has 2 aromatic rings. The van der Waals surface area contributed by atoms with Gasteiger partial charge in [0, 0.05) is 10.6 Å². The predicted molar refractivity (Wildman–Crippen MR) is 83.2 cm³/mol. The highest BCUT2D eigenvalue weighted by Gasteiger charge is 2.10. The molecule has 0 aliphatic carbocycles. The summed E-state index contributed by atoms with van der Waals surface area (Å²) in [5.74, 6) is -1.44. The molecule has 1 N–H and O–H groups in total. The Hall–Kier alpha value is -2.34. The number of ether oxygens (including phenoxy) is 1. The van der Waals surface area contributed by atoms with E-state index in [-0.39, 0.29) is 18.2 Å². The lowest BCUT2D eigenvalue weighted by atomic mass is 10.3. The number of benzene rings is 2. The molecular formula is C16H14FNO3S. The van der Waals surface area contributed by atoms with E-state index in [1.165, 1.54) is 6.07 Å². The number of rotatable bonds is 6. The third kappa shape index (κ3) is 5.21. The maximum absolute atomic E-state index is 13.4. The number of carbonyl (C=O) groups excluding carboxylic acids is 2. The Balaban J connectivity index is 1.71. The molecule has 0 fully saturated rings. The molecule has 0 spiro atoms. The molecule has 0 bridgehead atoms. The Bertz CT molecular complexity index is 649. The maximum Gasteiger partial charge on any atom is 0.316 e. The van der Waals surface area contributed by atoms with Crippen LogP contribution >= 0.6 is 11.8 Å². The minimum absolute atomic E-state index is 0.0560. The molecule has 0 aliphatic rings. The summed E-state index contributed by atoms with van der Waals surface area (Å²) in [7, 11) is 0. The molecule has 0 saturated carbocycles. The zero-order valence-corrected chi connectivity index (χ0v) is 12.4. The second-order valence-corrected chi connectivity index (χ2v) is 5.31. The quantitative estimate of drug-likeness (QED) is 0.656. The first kappa shape index (κ1) is 16.0. The van der Waals surface area contributed by atoms with E-state index >= 15 is 0 Å². The summed E-state index contributed by atoms with van der Waals surface area (Å²) in [6.07, 6.45) is 0. The van der Waals surface area contributed by atoms with Gasteiger partial charge in [0.05, 0.1) is 5.75 Å². The van der Waals surface area contributed by atoms with Gasteiger partial charge in [0.25, 0.3) is 5.91 Å². The van der Waals surface area contributed by atoms with E-state index in [1.807, 2.05) is 6.07 Å². The number of hydrogen-bond acceptors (Lipinski definition) is 4. The van der Waals surface area contributed by atoms with Crippen LogP contribution in [0.15, 0.2) is 59.5 Å². The average molecular weight is 319 g/mol. The summed E-state index contributed by atoms with van der Waals surface area (Å²) in [4.78, 5) is 23.5. The molecule has 22 heavy (non-hydrogen) atoms. The topological polar surface area (TPSA) is 55.4 Å². The van der Waals surface area contributed by atoms with Gasteiger partial charge in [0.15, 0.2) is 6.61 Å². The van der Waals surface area contributed by atoms with Crippen molar-refractivity contribution in [2.24, 2.45) is 0 Å². The number of thioether (sulfide) groups is 1. The molecule has 0 saturated heterocycles.